The fraction of sp³-hybridized carbons (Fsp3) is 0.333. The van der Waals surface area contributed by atoms with Crippen molar-refractivity contribution in [3.63, 3.8) is 0 Å². The molecule has 2 aliphatic rings. The largest absolute Gasteiger partial charge is 0.365 e. The standard InChI is InChI=1S/C27H30FN5/c1-3-19-18-21(10-11-23(19)29-4-2)25-24(20-8-6-5-7-9-20)31-27-26(30-14-17-33(25)27)32-15-12-22(28)13-16-32/h4-9,14,17-18,22,29H,2-3,10-13,15-16H2,1H3. The Balaban J connectivity index is 1.69. The van der Waals surface area contributed by atoms with Crippen LogP contribution in [-0.4, -0.2) is 33.6 Å². The third-order valence-electron chi connectivity index (χ3n) is 6.64. The summed E-state index contributed by atoms with van der Waals surface area (Å²) in [6.07, 6.45) is 11.1. The highest BCUT2D eigenvalue weighted by atomic mass is 19.1. The molecule has 0 unspecified atom stereocenters. The number of fused-ring (bicyclic) bond motifs is 1. The molecule has 3 aromatic rings. The molecular weight excluding hydrogens is 413 g/mol. The molecule has 1 aliphatic carbocycles. The SMILES string of the molecule is C=CNC1=C(CC)C=C(c2c(-c3ccccc3)nc3c(N4CCC(F)CC4)nccn23)CC1. The highest BCUT2D eigenvalue weighted by Gasteiger charge is 2.26. The van der Waals surface area contributed by atoms with E-state index in [0.717, 1.165) is 47.7 Å². The summed E-state index contributed by atoms with van der Waals surface area (Å²) in [5.74, 6) is 0.838. The Morgan fingerprint density at radius 2 is 1.97 bits per heavy atom. The zero-order valence-corrected chi connectivity index (χ0v) is 19.1. The summed E-state index contributed by atoms with van der Waals surface area (Å²) in [7, 11) is 0. The molecule has 0 spiro atoms. The second kappa shape index (κ2) is 9.22. The maximum Gasteiger partial charge on any atom is 0.181 e. The van der Waals surface area contributed by atoms with E-state index in [0.29, 0.717) is 25.9 Å². The van der Waals surface area contributed by atoms with Crippen molar-refractivity contribution in [3.8, 4) is 11.3 Å². The molecule has 0 amide bonds. The lowest BCUT2D eigenvalue weighted by Gasteiger charge is -2.29. The summed E-state index contributed by atoms with van der Waals surface area (Å²) in [6.45, 7) is 7.34. The van der Waals surface area contributed by atoms with Crippen molar-refractivity contribution in [1.29, 1.82) is 0 Å². The molecule has 2 aromatic heterocycles. The number of halogens is 1. The van der Waals surface area contributed by atoms with Gasteiger partial charge in [0.15, 0.2) is 11.5 Å². The van der Waals surface area contributed by atoms with Gasteiger partial charge in [-0.05, 0) is 49.5 Å². The van der Waals surface area contributed by atoms with Crippen LogP contribution in [0, 0.1) is 0 Å². The van der Waals surface area contributed by atoms with Gasteiger partial charge in [0.1, 0.15) is 6.17 Å². The third kappa shape index (κ3) is 4.06. The van der Waals surface area contributed by atoms with E-state index in [2.05, 4.69) is 51.3 Å². The number of anilines is 1. The van der Waals surface area contributed by atoms with Gasteiger partial charge in [-0.15, -0.1) is 0 Å². The molecule has 5 nitrogen and oxygen atoms in total. The van der Waals surface area contributed by atoms with E-state index in [1.165, 1.54) is 16.8 Å². The van der Waals surface area contributed by atoms with E-state index in [4.69, 9.17) is 4.98 Å². The molecule has 1 N–H and O–H groups in total. The Kier molecular flexibility index (Phi) is 5.99. The van der Waals surface area contributed by atoms with E-state index < -0.39 is 6.17 Å². The fourth-order valence-electron chi connectivity index (χ4n) is 4.93. The van der Waals surface area contributed by atoms with Crippen molar-refractivity contribution < 1.29 is 4.39 Å². The molecule has 33 heavy (non-hydrogen) atoms. The Hall–Kier alpha value is -3.41. The molecule has 6 heteroatoms. The molecule has 1 fully saturated rings. The van der Waals surface area contributed by atoms with Gasteiger partial charge < -0.3 is 10.2 Å². The van der Waals surface area contributed by atoms with Gasteiger partial charge in [-0.25, -0.2) is 14.4 Å². The maximum atomic E-state index is 13.8. The molecular formula is C27H30FN5. The molecule has 0 saturated carbocycles. The van der Waals surface area contributed by atoms with Gasteiger partial charge in [0, 0.05) is 36.7 Å². The van der Waals surface area contributed by atoms with Crippen LogP contribution >= 0.6 is 0 Å². The molecule has 0 radical (unpaired) electrons. The molecule has 1 aromatic carbocycles. The average Bonchev–Trinajstić information content (AvgIpc) is 3.25. The number of imidazole rings is 1. The number of rotatable bonds is 6. The molecule has 170 valence electrons. The first-order valence-corrected chi connectivity index (χ1v) is 11.8. The quantitative estimate of drug-likeness (QED) is 0.514. The molecule has 3 heterocycles. The third-order valence-corrected chi connectivity index (χ3v) is 6.64. The van der Waals surface area contributed by atoms with Crippen molar-refractivity contribution in [3.05, 3.63) is 78.5 Å². The first-order valence-electron chi connectivity index (χ1n) is 11.8. The number of aromatic nitrogens is 3. The van der Waals surface area contributed by atoms with Gasteiger partial charge in [-0.1, -0.05) is 49.9 Å². The lowest BCUT2D eigenvalue weighted by molar-refractivity contribution is 0.277. The van der Waals surface area contributed by atoms with Gasteiger partial charge >= 0.3 is 0 Å². The van der Waals surface area contributed by atoms with Crippen LogP contribution in [0.4, 0.5) is 10.2 Å². The van der Waals surface area contributed by atoms with Crippen molar-refractivity contribution in [2.45, 2.75) is 45.2 Å². The number of nitrogens with one attached hydrogen (secondary N) is 1. The fourth-order valence-corrected chi connectivity index (χ4v) is 4.93. The van der Waals surface area contributed by atoms with Gasteiger partial charge in [0.05, 0.1) is 11.4 Å². The van der Waals surface area contributed by atoms with Crippen LogP contribution < -0.4 is 10.2 Å². The lowest BCUT2D eigenvalue weighted by Crippen LogP contribution is -2.35. The van der Waals surface area contributed by atoms with Crippen molar-refractivity contribution in [1.82, 2.24) is 19.7 Å². The monoisotopic (exact) mass is 443 g/mol. The highest BCUT2D eigenvalue weighted by Crippen LogP contribution is 2.38. The Labute approximate surface area is 194 Å². The zero-order chi connectivity index (χ0) is 22.8. The van der Waals surface area contributed by atoms with E-state index in [1.807, 2.05) is 30.6 Å². The van der Waals surface area contributed by atoms with Crippen LogP contribution in [0.3, 0.4) is 0 Å². The highest BCUT2D eigenvalue weighted by molar-refractivity contribution is 5.84. The number of hydrogen-bond acceptors (Lipinski definition) is 4. The van der Waals surface area contributed by atoms with Crippen molar-refractivity contribution >= 4 is 17.0 Å². The number of allylic oxidation sites excluding steroid dienone is 4. The van der Waals surface area contributed by atoms with Gasteiger partial charge in [-0.2, -0.15) is 0 Å². The molecule has 0 atom stereocenters. The minimum Gasteiger partial charge on any atom is -0.365 e. The van der Waals surface area contributed by atoms with Gasteiger partial charge in [0.2, 0.25) is 0 Å². The molecule has 1 saturated heterocycles. The van der Waals surface area contributed by atoms with Crippen LogP contribution in [0.15, 0.2) is 72.9 Å². The summed E-state index contributed by atoms with van der Waals surface area (Å²) in [5.41, 5.74) is 7.81. The summed E-state index contributed by atoms with van der Waals surface area (Å²) in [6, 6.07) is 10.3. The summed E-state index contributed by atoms with van der Waals surface area (Å²) in [4.78, 5) is 12.0. The lowest BCUT2D eigenvalue weighted by atomic mass is 9.91. The van der Waals surface area contributed by atoms with Crippen molar-refractivity contribution in [2.24, 2.45) is 0 Å². The Bertz CT molecular complexity index is 1220. The van der Waals surface area contributed by atoms with E-state index in [9.17, 15) is 4.39 Å². The van der Waals surface area contributed by atoms with Gasteiger partial charge in [-0.3, -0.25) is 4.40 Å². The normalized spacial score (nSPS) is 17.4. The second-order valence-electron chi connectivity index (χ2n) is 8.66. The summed E-state index contributed by atoms with van der Waals surface area (Å²) >= 11 is 0. The second-order valence-corrected chi connectivity index (χ2v) is 8.66. The Morgan fingerprint density at radius 3 is 2.70 bits per heavy atom. The van der Waals surface area contributed by atoms with Crippen LogP contribution in [0.1, 0.15) is 44.7 Å². The predicted molar refractivity (Wildman–Crippen MR) is 133 cm³/mol. The number of benzene rings is 1. The minimum absolute atomic E-state index is 0.538. The first kappa shape index (κ1) is 21.4. The molecule has 0 bridgehead atoms. The predicted octanol–water partition coefficient (Wildman–Crippen LogP) is 5.91. The van der Waals surface area contributed by atoms with Gasteiger partial charge in [0.25, 0.3) is 0 Å². The number of hydrogen-bond donors (Lipinski definition) is 1. The van der Waals surface area contributed by atoms with Crippen LogP contribution in [0.25, 0.3) is 22.5 Å². The Morgan fingerprint density at radius 1 is 1.18 bits per heavy atom. The minimum atomic E-state index is -0.721. The zero-order valence-electron chi connectivity index (χ0n) is 19.1. The van der Waals surface area contributed by atoms with E-state index in [-0.39, 0.29) is 0 Å². The smallest absolute Gasteiger partial charge is 0.181 e. The van der Waals surface area contributed by atoms with E-state index >= 15 is 0 Å². The average molecular weight is 444 g/mol. The first-order chi connectivity index (χ1) is 16.2. The molecule has 1 aliphatic heterocycles. The van der Waals surface area contributed by atoms with Crippen LogP contribution in [-0.2, 0) is 0 Å². The van der Waals surface area contributed by atoms with Crippen LogP contribution in [0.2, 0.25) is 0 Å². The summed E-state index contributed by atoms with van der Waals surface area (Å²) < 4.78 is 16.0. The number of piperidine rings is 1. The number of nitrogens with zero attached hydrogens (tertiary/aromatic N) is 4. The maximum absolute atomic E-state index is 13.8. The van der Waals surface area contributed by atoms with Crippen molar-refractivity contribution in [2.75, 3.05) is 18.0 Å². The number of alkyl halides is 1. The van der Waals surface area contributed by atoms with E-state index in [1.54, 1.807) is 6.20 Å². The van der Waals surface area contributed by atoms with Crippen LogP contribution in [0.5, 0.6) is 0 Å². The summed E-state index contributed by atoms with van der Waals surface area (Å²) in [5, 5.41) is 3.32. The molecule has 5 rings (SSSR count). The topological polar surface area (TPSA) is 45.5 Å².